The van der Waals surface area contributed by atoms with Crippen LogP contribution in [-0.2, 0) is 4.74 Å². The molecule has 1 rings (SSSR count). The highest BCUT2D eigenvalue weighted by Crippen LogP contribution is 2.15. The van der Waals surface area contributed by atoms with E-state index in [4.69, 9.17) is 4.74 Å². The molecule has 0 aliphatic carbocycles. The first-order valence-electron chi connectivity index (χ1n) is 3.05. The first-order valence-corrected chi connectivity index (χ1v) is 3.05. The van der Waals surface area contributed by atoms with Crippen molar-refractivity contribution >= 4 is 0 Å². The van der Waals surface area contributed by atoms with Crippen molar-refractivity contribution in [2.75, 3.05) is 6.61 Å². The van der Waals surface area contributed by atoms with Gasteiger partial charge in [0.1, 0.15) is 0 Å². The molecule has 0 bridgehead atoms. The highest BCUT2D eigenvalue weighted by Gasteiger charge is 2.20. The number of unbranched alkanes of at least 4 members (excludes halogenated alkanes) is 1. The topological polar surface area (TPSA) is 12.5 Å². The summed E-state index contributed by atoms with van der Waals surface area (Å²) in [5.74, 6) is 0. The molecule has 58 valence electrons. The lowest BCUT2D eigenvalue weighted by atomic mass is 10.2. The molecule has 0 N–H and O–H groups in total. The zero-order valence-electron chi connectivity index (χ0n) is 4.81. The third-order valence-electron chi connectivity index (χ3n) is 1.28. The molecule has 0 radical (unpaired) electrons. The van der Waals surface area contributed by atoms with Crippen molar-refractivity contribution in [2.24, 2.45) is 0 Å². The lowest BCUT2D eigenvalue weighted by Gasteiger charge is -1.86. The first kappa shape index (κ1) is 11.7. The predicted octanol–water partition coefficient (Wildman–Crippen LogP) is 2.85. The maximum atomic E-state index is 5.01. The minimum atomic E-state index is 0. The SMILES string of the molecule is C.C.CCCCC1CO1. The Morgan fingerprint density at radius 2 is 2.00 bits per heavy atom. The van der Waals surface area contributed by atoms with Crippen molar-refractivity contribution in [3.63, 3.8) is 0 Å². The standard InChI is InChI=1S/C6H12O.2CH4/c1-2-3-4-6-5-7-6;;/h6H,2-5H2,1H3;2*1H4. The van der Waals surface area contributed by atoms with Gasteiger partial charge in [-0.15, -0.1) is 0 Å². The molecule has 9 heavy (non-hydrogen) atoms. The van der Waals surface area contributed by atoms with E-state index in [-0.39, 0.29) is 14.9 Å². The predicted molar refractivity (Wildman–Crippen MR) is 42.7 cm³/mol. The van der Waals surface area contributed by atoms with Crippen molar-refractivity contribution < 1.29 is 4.74 Å². The molecule has 1 unspecified atom stereocenters. The second-order valence-corrected chi connectivity index (χ2v) is 2.10. The lowest BCUT2D eigenvalue weighted by Crippen LogP contribution is -1.81. The second-order valence-electron chi connectivity index (χ2n) is 2.10. The van der Waals surface area contributed by atoms with Crippen LogP contribution in [0.4, 0.5) is 0 Å². The van der Waals surface area contributed by atoms with Crippen LogP contribution in [-0.4, -0.2) is 12.7 Å². The fourth-order valence-corrected chi connectivity index (χ4v) is 0.667. The van der Waals surface area contributed by atoms with Crippen LogP contribution in [0.1, 0.15) is 41.0 Å². The summed E-state index contributed by atoms with van der Waals surface area (Å²) in [6.45, 7) is 3.24. The van der Waals surface area contributed by atoms with Gasteiger partial charge >= 0.3 is 0 Å². The zero-order valence-corrected chi connectivity index (χ0v) is 4.81. The lowest BCUT2D eigenvalue weighted by molar-refractivity contribution is 0.391. The van der Waals surface area contributed by atoms with Gasteiger partial charge in [0.15, 0.2) is 0 Å². The molecule has 0 aromatic heterocycles. The van der Waals surface area contributed by atoms with E-state index in [0.717, 1.165) is 6.61 Å². The summed E-state index contributed by atoms with van der Waals surface area (Å²) in [6, 6.07) is 0. The van der Waals surface area contributed by atoms with Gasteiger partial charge in [0.05, 0.1) is 12.7 Å². The molecule has 1 aliphatic rings. The Bertz CT molecular complexity index is 48.5. The molecular formula is C8H20O. The Kier molecular flexibility index (Phi) is 7.92. The molecule has 1 fully saturated rings. The fourth-order valence-electron chi connectivity index (χ4n) is 0.667. The summed E-state index contributed by atoms with van der Waals surface area (Å²) >= 11 is 0. The first-order chi connectivity index (χ1) is 3.43. The molecule has 1 aliphatic heterocycles. The van der Waals surface area contributed by atoms with Gasteiger partial charge in [-0.3, -0.25) is 0 Å². The largest absolute Gasteiger partial charge is 0.373 e. The molecule has 1 saturated heterocycles. The van der Waals surface area contributed by atoms with Gasteiger partial charge in [-0.25, -0.2) is 0 Å². The Hall–Kier alpha value is -0.0400. The van der Waals surface area contributed by atoms with E-state index < -0.39 is 0 Å². The van der Waals surface area contributed by atoms with E-state index in [1.54, 1.807) is 0 Å². The van der Waals surface area contributed by atoms with Crippen molar-refractivity contribution in [1.82, 2.24) is 0 Å². The van der Waals surface area contributed by atoms with Crippen molar-refractivity contribution in [1.29, 1.82) is 0 Å². The number of rotatable bonds is 3. The summed E-state index contributed by atoms with van der Waals surface area (Å²) in [6.07, 6.45) is 4.58. The van der Waals surface area contributed by atoms with Crippen LogP contribution in [0.15, 0.2) is 0 Å². The normalized spacial score (nSPS) is 21.7. The number of hydrogen-bond donors (Lipinski definition) is 0. The van der Waals surface area contributed by atoms with Crippen LogP contribution >= 0.6 is 0 Å². The summed E-state index contributed by atoms with van der Waals surface area (Å²) in [7, 11) is 0. The Balaban J connectivity index is 0. The fraction of sp³-hybridized carbons (Fsp3) is 1.00. The molecule has 1 atom stereocenters. The van der Waals surface area contributed by atoms with E-state index in [1.807, 2.05) is 0 Å². The Labute approximate surface area is 59.4 Å². The summed E-state index contributed by atoms with van der Waals surface area (Å²) in [5.41, 5.74) is 0. The van der Waals surface area contributed by atoms with E-state index in [2.05, 4.69) is 6.92 Å². The highest BCUT2D eigenvalue weighted by atomic mass is 16.6. The van der Waals surface area contributed by atoms with Crippen LogP contribution in [0.25, 0.3) is 0 Å². The molecule has 1 heteroatoms. The Morgan fingerprint density at radius 3 is 2.33 bits per heavy atom. The van der Waals surface area contributed by atoms with Crippen molar-refractivity contribution in [3.8, 4) is 0 Å². The molecule has 0 saturated carbocycles. The molecule has 1 heterocycles. The number of hydrogen-bond acceptors (Lipinski definition) is 1. The second kappa shape index (κ2) is 6.09. The monoisotopic (exact) mass is 132 g/mol. The smallest absolute Gasteiger partial charge is 0.0810 e. The third-order valence-corrected chi connectivity index (χ3v) is 1.28. The van der Waals surface area contributed by atoms with Gasteiger partial charge in [0.2, 0.25) is 0 Å². The van der Waals surface area contributed by atoms with Crippen LogP contribution < -0.4 is 0 Å². The zero-order chi connectivity index (χ0) is 5.11. The average Bonchev–Trinajstić information content (AvgIpc) is 2.42. The van der Waals surface area contributed by atoms with Crippen molar-refractivity contribution in [3.05, 3.63) is 0 Å². The van der Waals surface area contributed by atoms with Gasteiger partial charge in [-0.05, 0) is 6.42 Å². The quantitative estimate of drug-likeness (QED) is 0.538. The summed E-state index contributed by atoms with van der Waals surface area (Å²) in [5, 5.41) is 0. The van der Waals surface area contributed by atoms with Crippen LogP contribution in [0.3, 0.4) is 0 Å². The molecule has 1 nitrogen and oxygen atoms in total. The molecule has 0 aromatic rings. The molecule has 0 amide bonds. The third kappa shape index (κ3) is 5.84. The molecular weight excluding hydrogens is 112 g/mol. The minimum Gasteiger partial charge on any atom is -0.373 e. The van der Waals surface area contributed by atoms with E-state index in [1.165, 1.54) is 19.3 Å². The van der Waals surface area contributed by atoms with Gasteiger partial charge in [-0.2, -0.15) is 0 Å². The summed E-state index contributed by atoms with van der Waals surface area (Å²) < 4.78 is 5.01. The summed E-state index contributed by atoms with van der Waals surface area (Å²) in [4.78, 5) is 0. The van der Waals surface area contributed by atoms with Crippen LogP contribution in [0, 0.1) is 0 Å². The van der Waals surface area contributed by atoms with E-state index >= 15 is 0 Å². The Morgan fingerprint density at radius 1 is 1.44 bits per heavy atom. The van der Waals surface area contributed by atoms with Gasteiger partial charge < -0.3 is 4.74 Å². The number of epoxide rings is 1. The van der Waals surface area contributed by atoms with Crippen LogP contribution in [0.2, 0.25) is 0 Å². The van der Waals surface area contributed by atoms with Crippen molar-refractivity contribution in [2.45, 2.75) is 47.1 Å². The maximum absolute atomic E-state index is 5.01. The van der Waals surface area contributed by atoms with Gasteiger partial charge in [-0.1, -0.05) is 34.6 Å². The molecule has 0 aromatic carbocycles. The maximum Gasteiger partial charge on any atom is 0.0810 e. The minimum absolute atomic E-state index is 0. The number of ether oxygens (including phenoxy) is 1. The average molecular weight is 132 g/mol. The van der Waals surface area contributed by atoms with E-state index in [9.17, 15) is 0 Å². The molecule has 0 spiro atoms. The van der Waals surface area contributed by atoms with E-state index in [0.29, 0.717) is 6.10 Å². The highest BCUT2D eigenvalue weighted by molar-refractivity contribution is 4.67. The van der Waals surface area contributed by atoms with Gasteiger partial charge in [0, 0.05) is 0 Å². The van der Waals surface area contributed by atoms with Gasteiger partial charge in [0.25, 0.3) is 0 Å². The van der Waals surface area contributed by atoms with Crippen LogP contribution in [0.5, 0.6) is 0 Å².